The van der Waals surface area contributed by atoms with Gasteiger partial charge in [0.05, 0.1) is 6.61 Å². The van der Waals surface area contributed by atoms with E-state index in [2.05, 4.69) is 0 Å². The molecule has 0 radical (unpaired) electrons. The summed E-state index contributed by atoms with van der Waals surface area (Å²) in [5.74, 6) is -0.266. The van der Waals surface area contributed by atoms with Crippen molar-refractivity contribution in [2.75, 3.05) is 19.7 Å². The van der Waals surface area contributed by atoms with Crippen molar-refractivity contribution < 1.29 is 14.4 Å². The number of nitrogens with zero attached hydrogens (tertiary/aromatic N) is 1. The van der Waals surface area contributed by atoms with E-state index in [1.165, 1.54) is 11.8 Å². The van der Waals surface area contributed by atoms with Gasteiger partial charge in [-0.15, -0.1) is 5.06 Å². The molecule has 0 aromatic carbocycles. The van der Waals surface area contributed by atoms with Gasteiger partial charge in [0.2, 0.25) is 4.38 Å². The van der Waals surface area contributed by atoms with Crippen LogP contribution in [0.2, 0.25) is 0 Å². The fourth-order valence-corrected chi connectivity index (χ4v) is 2.07. The fraction of sp³-hybridized carbons (Fsp3) is 0.800. The summed E-state index contributed by atoms with van der Waals surface area (Å²) in [7, 11) is 0. The quantitative estimate of drug-likeness (QED) is 0.416. The fourth-order valence-electron chi connectivity index (χ4n) is 0.932. The van der Waals surface area contributed by atoms with Crippen molar-refractivity contribution >= 4 is 34.3 Å². The largest absolute Gasteiger partial charge is 0.465 e. The van der Waals surface area contributed by atoms with E-state index in [0.717, 1.165) is 13.1 Å². The molecule has 0 heterocycles. The van der Waals surface area contributed by atoms with Crippen molar-refractivity contribution in [2.45, 2.75) is 32.9 Å². The Hall–Kier alpha value is -0.330. The van der Waals surface area contributed by atoms with Gasteiger partial charge in [-0.05, 0) is 39.9 Å². The summed E-state index contributed by atoms with van der Waals surface area (Å²) < 4.78 is 5.22. The highest BCUT2D eigenvalue weighted by Gasteiger charge is 2.18. The molecule has 4 nitrogen and oxygen atoms in total. The van der Waals surface area contributed by atoms with Crippen LogP contribution >= 0.6 is 24.0 Å². The highest BCUT2D eigenvalue weighted by atomic mass is 32.2. The summed E-state index contributed by atoms with van der Waals surface area (Å²) in [4.78, 5) is 16.7. The molecule has 0 aliphatic carbocycles. The van der Waals surface area contributed by atoms with Crippen LogP contribution < -0.4 is 0 Å². The van der Waals surface area contributed by atoms with E-state index in [1.54, 1.807) is 18.9 Å². The van der Waals surface area contributed by atoms with Gasteiger partial charge in [0.25, 0.3) is 0 Å². The van der Waals surface area contributed by atoms with Gasteiger partial charge in [-0.2, -0.15) is 0 Å². The molecule has 94 valence electrons. The topological polar surface area (TPSA) is 38.8 Å². The van der Waals surface area contributed by atoms with E-state index >= 15 is 0 Å². The Morgan fingerprint density at radius 3 is 2.38 bits per heavy atom. The van der Waals surface area contributed by atoms with Gasteiger partial charge in [0.1, 0.15) is 5.25 Å². The summed E-state index contributed by atoms with van der Waals surface area (Å²) in [5.41, 5.74) is 0. The Labute approximate surface area is 107 Å². The van der Waals surface area contributed by atoms with Crippen molar-refractivity contribution in [1.82, 2.24) is 5.06 Å². The average Bonchev–Trinajstić information content (AvgIpc) is 2.26. The maximum Gasteiger partial charge on any atom is 0.319 e. The molecule has 0 bridgehead atoms. The van der Waals surface area contributed by atoms with Gasteiger partial charge in [-0.1, -0.05) is 11.8 Å². The third-order valence-electron chi connectivity index (χ3n) is 1.80. The smallest absolute Gasteiger partial charge is 0.319 e. The lowest BCUT2D eigenvalue weighted by molar-refractivity contribution is -0.142. The lowest BCUT2D eigenvalue weighted by Gasteiger charge is -2.19. The third kappa shape index (κ3) is 6.30. The number of hydrogen-bond donors (Lipinski definition) is 0. The van der Waals surface area contributed by atoms with E-state index < -0.39 is 0 Å². The minimum atomic E-state index is -0.331. The normalized spacial score (nSPS) is 12.3. The SMILES string of the molecule is CCOC(=O)C(C)SC(=S)ON(CC)CC. The second-order valence-corrected chi connectivity index (χ2v) is 4.91. The van der Waals surface area contributed by atoms with Crippen LogP contribution in [0.5, 0.6) is 0 Å². The molecule has 0 rings (SSSR count). The Morgan fingerprint density at radius 2 is 1.94 bits per heavy atom. The lowest BCUT2D eigenvalue weighted by atomic mass is 10.5. The Morgan fingerprint density at radius 1 is 1.38 bits per heavy atom. The molecular formula is C10H19NO3S2. The van der Waals surface area contributed by atoms with Gasteiger partial charge in [-0.3, -0.25) is 4.79 Å². The third-order valence-corrected chi connectivity index (χ3v) is 2.98. The monoisotopic (exact) mass is 265 g/mol. The van der Waals surface area contributed by atoms with Gasteiger partial charge in [0.15, 0.2) is 0 Å². The minimum Gasteiger partial charge on any atom is -0.465 e. The molecular weight excluding hydrogens is 246 g/mol. The Balaban J connectivity index is 3.99. The van der Waals surface area contributed by atoms with Gasteiger partial charge in [-0.25, -0.2) is 0 Å². The maximum atomic E-state index is 11.3. The lowest BCUT2D eigenvalue weighted by Crippen LogP contribution is -2.27. The Bertz CT molecular complexity index is 232. The molecule has 0 aromatic rings. The number of rotatable bonds is 6. The molecule has 0 spiro atoms. The summed E-state index contributed by atoms with van der Waals surface area (Å²) in [5, 5.41) is 1.40. The summed E-state index contributed by atoms with van der Waals surface area (Å²) in [6.07, 6.45) is 0. The molecule has 0 fully saturated rings. The van der Waals surface area contributed by atoms with E-state index in [-0.39, 0.29) is 11.2 Å². The van der Waals surface area contributed by atoms with E-state index in [4.69, 9.17) is 21.8 Å². The molecule has 16 heavy (non-hydrogen) atoms. The first kappa shape index (κ1) is 15.7. The first-order valence-corrected chi connectivity index (χ1v) is 6.64. The molecule has 6 heteroatoms. The van der Waals surface area contributed by atoms with Crippen LogP contribution in [0.4, 0.5) is 0 Å². The summed E-state index contributed by atoms with van der Waals surface area (Å²) in [6, 6.07) is 0. The van der Waals surface area contributed by atoms with E-state index in [0.29, 0.717) is 11.0 Å². The highest BCUT2D eigenvalue weighted by Crippen LogP contribution is 2.16. The molecule has 0 saturated carbocycles. The van der Waals surface area contributed by atoms with Crippen molar-refractivity contribution in [3.63, 3.8) is 0 Å². The first-order chi connectivity index (χ1) is 7.54. The number of hydroxylamine groups is 2. The number of thiocarbonyl (C=S) groups is 1. The molecule has 1 unspecified atom stereocenters. The molecule has 1 atom stereocenters. The summed E-state index contributed by atoms with van der Waals surface area (Å²) in [6.45, 7) is 9.38. The number of thioether (sulfide) groups is 1. The van der Waals surface area contributed by atoms with Crippen LogP contribution in [0.3, 0.4) is 0 Å². The minimum absolute atomic E-state index is 0.266. The van der Waals surface area contributed by atoms with Crippen molar-refractivity contribution in [3.8, 4) is 0 Å². The van der Waals surface area contributed by atoms with Crippen molar-refractivity contribution in [2.24, 2.45) is 0 Å². The van der Waals surface area contributed by atoms with Crippen LogP contribution in [0.25, 0.3) is 0 Å². The average molecular weight is 265 g/mol. The van der Waals surface area contributed by atoms with Crippen LogP contribution in [-0.4, -0.2) is 40.4 Å². The number of esters is 1. The molecule has 0 N–H and O–H groups in total. The standard InChI is InChI=1S/C10H19NO3S2/c1-5-11(6-2)14-10(15)16-8(4)9(12)13-7-3/h8H,5-7H2,1-4H3. The van der Waals surface area contributed by atoms with Crippen LogP contribution in [0, 0.1) is 0 Å². The first-order valence-electron chi connectivity index (χ1n) is 5.35. The molecule has 0 amide bonds. The second kappa shape index (κ2) is 8.78. The van der Waals surface area contributed by atoms with Gasteiger partial charge >= 0.3 is 5.97 Å². The predicted octanol–water partition coefficient (Wildman–Crippen LogP) is 2.23. The van der Waals surface area contributed by atoms with E-state index in [1.807, 2.05) is 13.8 Å². The molecule has 0 aromatic heterocycles. The molecule has 0 aliphatic heterocycles. The van der Waals surface area contributed by atoms with Crippen LogP contribution in [0.15, 0.2) is 0 Å². The van der Waals surface area contributed by atoms with Gasteiger partial charge < -0.3 is 9.57 Å². The maximum absolute atomic E-state index is 11.3. The second-order valence-electron chi connectivity index (χ2n) is 2.97. The number of carbonyl (C=O) groups excluding carboxylic acids is 1. The van der Waals surface area contributed by atoms with Gasteiger partial charge in [0, 0.05) is 13.1 Å². The van der Waals surface area contributed by atoms with E-state index in [9.17, 15) is 4.79 Å². The zero-order valence-corrected chi connectivity index (χ0v) is 11.8. The van der Waals surface area contributed by atoms with Crippen molar-refractivity contribution in [1.29, 1.82) is 0 Å². The number of ether oxygens (including phenoxy) is 1. The van der Waals surface area contributed by atoms with Crippen LogP contribution in [0.1, 0.15) is 27.7 Å². The predicted molar refractivity (Wildman–Crippen MR) is 70.3 cm³/mol. The summed E-state index contributed by atoms with van der Waals surface area (Å²) >= 11 is 6.23. The van der Waals surface area contributed by atoms with Crippen LogP contribution in [-0.2, 0) is 14.4 Å². The number of hydrogen-bond acceptors (Lipinski definition) is 6. The number of carbonyl (C=O) groups is 1. The molecule has 0 aliphatic rings. The zero-order chi connectivity index (χ0) is 12.6. The molecule has 0 saturated heterocycles. The zero-order valence-electron chi connectivity index (χ0n) is 10.2. The highest BCUT2D eigenvalue weighted by molar-refractivity contribution is 8.23. The Kier molecular flexibility index (Phi) is 8.60. The van der Waals surface area contributed by atoms with Crippen molar-refractivity contribution in [3.05, 3.63) is 0 Å².